The minimum atomic E-state index is -0.861. The van der Waals surface area contributed by atoms with Crippen molar-refractivity contribution in [3.8, 4) is 0 Å². The molecule has 0 saturated heterocycles. The Morgan fingerprint density at radius 2 is 1.56 bits per heavy atom. The van der Waals surface area contributed by atoms with Crippen molar-refractivity contribution in [2.24, 2.45) is 0 Å². The molecule has 1 atom stereocenters. The van der Waals surface area contributed by atoms with E-state index < -0.39 is 29.7 Å². The average Bonchev–Trinajstić information content (AvgIpc) is 2.75. The Morgan fingerprint density at radius 3 is 2.12 bits per heavy atom. The molecule has 32 heavy (non-hydrogen) atoms. The highest BCUT2D eigenvalue weighted by atomic mass is 16.6. The van der Waals surface area contributed by atoms with Gasteiger partial charge in [-0.15, -0.1) is 0 Å². The molecule has 0 unspecified atom stereocenters. The molecule has 0 heterocycles. The number of alkyl carbamates (subject to hydrolysis) is 1. The van der Waals surface area contributed by atoms with Crippen LogP contribution >= 0.6 is 0 Å². The lowest BCUT2D eigenvalue weighted by Crippen LogP contribution is -2.51. The third-order valence-electron chi connectivity index (χ3n) is 4.38. The summed E-state index contributed by atoms with van der Waals surface area (Å²) in [5.74, 6) is -0.540. The van der Waals surface area contributed by atoms with Gasteiger partial charge in [0.1, 0.15) is 11.6 Å². The Kier molecular flexibility index (Phi) is 9.07. The number of carbonyl (C=O) groups is 3. The zero-order valence-electron chi connectivity index (χ0n) is 19.0. The summed E-state index contributed by atoms with van der Waals surface area (Å²) >= 11 is 0. The number of carbonyl (C=O) groups excluding carboxylic acids is 3. The molecule has 172 valence electrons. The maximum atomic E-state index is 13.1. The molecule has 2 rings (SSSR count). The molecule has 0 aliphatic heterocycles. The van der Waals surface area contributed by atoms with Gasteiger partial charge in [0, 0.05) is 25.2 Å². The highest BCUT2D eigenvalue weighted by molar-refractivity contribution is 5.94. The zero-order valence-corrected chi connectivity index (χ0v) is 19.0. The molecular weight excluding hydrogens is 410 g/mol. The van der Waals surface area contributed by atoms with Crippen molar-refractivity contribution in [2.45, 2.75) is 38.8 Å². The van der Waals surface area contributed by atoms with E-state index in [1.807, 2.05) is 36.4 Å². The molecule has 0 radical (unpaired) electrons. The van der Waals surface area contributed by atoms with Crippen LogP contribution in [0.5, 0.6) is 0 Å². The number of hydrogen-bond donors (Lipinski definition) is 2. The largest absolute Gasteiger partial charge is 0.467 e. The second kappa shape index (κ2) is 11.7. The summed E-state index contributed by atoms with van der Waals surface area (Å²) in [5, 5.41) is 5.41. The number of methoxy groups -OCH3 is 1. The fourth-order valence-corrected chi connectivity index (χ4v) is 2.95. The molecule has 8 nitrogen and oxygen atoms in total. The molecule has 0 bridgehead atoms. The Bertz CT molecular complexity index is 882. The van der Waals surface area contributed by atoms with Gasteiger partial charge < -0.3 is 20.1 Å². The molecule has 8 heteroatoms. The molecule has 0 aromatic heterocycles. The standard InChI is InChI=1S/C24H31N3O5/c1-24(2,3)32-23(30)25-15-16-27(19-13-9-6-10-14-19)22(29)26-20(21(28)31-4)17-18-11-7-5-8-12-18/h5-14,20H,15-17H2,1-4H3,(H,25,30)(H,26,29)/t20-/m0/s1. The van der Waals surface area contributed by atoms with Crippen LogP contribution in [0.4, 0.5) is 15.3 Å². The third kappa shape index (κ3) is 8.29. The Hall–Kier alpha value is -3.55. The summed E-state index contributed by atoms with van der Waals surface area (Å²) in [7, 11) is 1.28. The fourth-order valence-electron chi connectivity index (χ4n) is 2.95. The van der Waals surface area contributed by atoms with Gasteiger partial charge in [0.15, 0.2) is 0 Å². The minimum absolute atomic E-state index is 0.165. The summed E-state index contributed by atoms with van der Waals surface area (Å²) in [6, 6.07) is 17.0. The first-order valence-electron chi connectivity index (χ1n) is 10.4. The van der Waals surface area contributed by atoms with Gasteiger partial charge in [0.2, 0.25) is 0 Å². The van der Waals surface area contributed by atoms with Crippen LogP contribution in [0.1, 0.15) is 26.3 Å². The van der Waals surface area contributed by atoms with Crippen molar-refractivity contribution in [2.75, 3.05) is 25.1 Å². The maximum Gasteiger partial charge on any atom is 0.407 e. The lowest BCUT2D eigenvalue weighted by molar-refractivity contribution is -0.142. The predicted octanol–water partition coefficient (Wildman–Crippen LogP) is 3.51. The number of para-hydroxylation sites is 1. The van der Waals surface area contributed by atoms with Crippen LogP contribution in [0.15, 0.2) is 60.7 Å². The predicted molar refractivity (Wildman–Crippen MR) is 123 cm³/mol. The van der Waals surface area contributed by atoms with Gasteiger partial charge >= 0.3 is 18.1 Å². The summed E-state index contributed by atoms with van der Waals surface area (Å²) < 4.78 is 10.1. The second-order valence-corrected chi connectivity index (χ2v) is 8.13. The normalized spacial score (nSPS) is 11.8. The van der Waals surface area contributed by atoms with Gasteiger partial charge in [-0.05, 0) is 38.5 Å². The Labute approximate surface area is 188 Å². The highest BCUT2D eigenvalue weighted by Crippen LogP contribution is 2.14. The van der Waals surface area contributed by atoms with Gasteiger partial charge in [0.05, 0.1) is 7.11 Å². The van der Waals surface area contributed by atoms with Crippen molar-refractivity contribution < 1.29 is 23.9 Å². The van der Waals surface area contributed by atoms with Crippen LogP contribution in [0, 0.1) is 0 Å². The van der Waals surface area contributed by atoms with E-state index in [4.69, 9.17) is 9.47 Å². The van der Waals surface area contributed by atoms with Crippen molar-refractivity contribution in [1.29, 1.82) is 0 Å². The van der Waals surface area contributed by atoms with Gasteiger partial charge in [-0.25, -0.2) is 14.4 Å². The SMILES string of the molecule is COC(=O)[C@H](Cc1ccccc1)NC(=O)N(CCNC(=O)OC(C)(C)C)c1ccccc1. The average molecular weight is 442 g/mol. The van der Waals surface area contributed by atoms with Crippen LogP contribution in [0.2, 0.25) is 0 Å². The number of amides is 3. The van der Waals surface area contributed by atoms with Crippen LogP contribution in [-0.4, -0.2) is 49.9 Å². The molecule has 0 aliphatic carbocycles. The van der Waals surface area contributed by atoms with Crippen molar-refractivity contribution in [3.05, 3.63) is 66.2 Å². The third-order valence-corrected chi connectivity index (χ3v) is 4.38. The minimum Gasteiger partial charge on any atom is -0.467 e. The van der Waals surface area contributed by atoms with E-state index >= 15 is 0 Å². The summed E-state index contributed by atoms with van der Waals surface area (Å²) in [4.78, 5) is 38.8. The first-order valence-corrected chi connectivity index (χ1v) is 10.4. The number of anilines is 1. The van der Waals surface area contributed by atoms with E-state index in [0.717, 1.165) is 5.56 Å². The van der Waals surface area contributed by atoms with E-state index in [1.165, 1.54) is 12.0 Å². The topological polar surface area (TPSA) is 97.0 Å². The molecule has 0 saturated carbocycles. The van der Waals surface area contributed by atoms with E-state index in [0.29, 0.717) is 5.69 Å². The molecule has 0 spiro atoms. The number of esters is 1. The van der Waals surface area contributed by atoms with Crippen LogP contribution < -0.4 is 15.5 Å². The number of ether oxygens (including phenoxy) is 2. The van der Waals surface area contributed by atoms with Crippen LogP contribution in [0.25, 0.3) is 0 Å². The number of rotatable bonds is 8. The molecule has 0 aliphatic rings. The van der Waals surface area contributed by atoms with Crippen LogP contribution in [-0.2, 0) is 20.7 Å². The number of nitrogens with zero attached hydrogens (tertiary/aromatic N) is 1. The lowest BCUT2D eigenvalue weighted by Gasteiger charge is -2.26. The number of urea groups is 1. The van der Waals surface area contributed by atoms with Gasteiger partial charge in [-0.2, -0.15) is 0 Å². The summed E-state index contributed by atoms with van der Waals surface area (Å²) in [5.41, 5.74) is 0.895. The smallest absolute Gasteiger partial charge is 0.407 e. The van der Waals surface area contributed by atoms with Gasteiger partial charge in [-0.3, -0.25) is 4.90 Å². The monoisotopic (exact) mass is 441 g/mol. The number of nitrogens with one attached hydrogen (secondary N) is 2. The van der Waals surface area contributed by atoms with E-state index in [1.54, 1.807) is 45.0 Å². The van der Waals surface area contributed by atoms with Crippen LogP contribution in [0.3, 0.4) is 0 Å². The van der Waals surface area contributed by atoms with Gasteiger partial charge in [0.25, 0.3) is 0 Å². The van der Waals surface area contributed by atoms with E-state index in [2.05, 4.69) is 10.6 Å². The Balaban J connectivity index is 2.10. The van der Waals surface area contributed by atoms with E-state index in [-0.39, 0.29) is 19.5 Å². The first-order chi connectivity index (χ1) is 15.2. The highest BCUT2D eigenvalue weighted by Gasteiger charge is 2.26. The molecule has 0 fully saturated rings. The number of hydrogen-bond acceptors (Lipinski definition) is 5. The van der Waals surface area contributed by atoms with E-state index in [9.17, 15) is 14.4 Å². The number of benzene rings is 2. The van der Waals surface area contributed by atoms with Crippen molar-refractivity contribution in [3.63, 3.8) is 0 Å². The molecule has 2 aromatic carbocycles. The first kappa shape index (κ1) is 24.7. The molecule has 2 aromatic rings. The molecule has 3 amide bonds. The fraction of sp³-hybridized carbons (Fsp3) is 0.375. The van der Waals surface area contributed by atoms with Crippen molar-refractivity contribution in [1.82, 2.24) is 10.6 Å². The van der Waals surface area contributed by atoms with Gasteiger partial charge in [-0.1, -0.05) is 48.5 Å². The molecule has 2 N–H and O–H groups in total. The quantitative estimate of drug-likeness (QED) is 0.611. The maximum absolute atomic E-state index is 13.1. The van der Waals surface area contributed by atoms with Crippen molar-refractivity contribution >= 4 is 23.8 Å². The lowest BCUT2D eigenvalue weighted by atomic mass is 10.1. The molecular formula is C24H31N3O5. The summed E-state index contributed by atoms with van der Waals surface area (Å²) in [6.07, 6.45) is -0.277. The summed E-state index contributed by atoms with van der Waals surface area (Å²) in [6.45, 7) is 5.66. The zero-order chi connectivity index (χ0) is 23.6. The Morgan fingerprint density at radius 1 is 0.969 bits per heavy atom. The second-order valence-electron chi connectivity index (χ2n) is 8.13.